The fraction of sp³-hybridized carbons (Fsp3) is 0.391. The van der Waals surface area contributed by atoms with Gasteiger partial charge in [0.1, 0.15) is 5.82 Å². The van der Waals surface area contributed by atoms with Crippen LogP contribution in [0.25, 0.3) is 11.0 Å². The van der Waals surface area contributed by atoms with Crippen molar-refractivity contribution in [2.24, 2.45) is 0 Å². The molecule has 3 aromatic rings. The Morgan fingerprint density at radius 1 is 1.03 bits per heavy atom. The van der Waals surface area contributed by atoms with Gasteiger partial charge < -0.3 is 20.4 Å². The molecular formula is C23H26N4O2. The van der Waals surface area contributed by atoms with Crippen LogP contribution in [0, 0.1) is 0 Å². The van der Waals surface area contributed by atoms with Crippen LogP contribution in [0.15, 0.2) is 42.5 Å². The zero-order valence-electron chi connectivity index (χ0n) is 16.4. The number of imidazole rings is 1. The number of nitrogens with zero attached hydrogens (tertiary/aromatic N) is 1. The van der Waals surface area contributed by atoms with Crippen molar-refractivity contribution in [2.75, 3.05) is 31.6 Å². The number of benzene rings is 2. The summed E-state index contributed by atoms with van der Waals surface area (Å²) in [7, 11) is 0. The SMILES string of the molecule is O=C(Nc1ccc2nc(C3CCNCC3)[nH]c2c1)c1ccc(C2CCOC2)cc1. The number of aromatic nitrogens is 2. The maximum absolute atomic E-state index is 12.7. The first-order chi connectivity index (χ1) is 14.3. The molecule has 1 unspecified atom stereocenters. The molecule has 1 atom stereocenters. The van der Waals surface area contributed by atoms with E-state index in [-0.39, 0.29) is 5.91 Å². The molecule has 2 aliphatic rings. The lowest BCUT2D eigenvalue weighted by Gasteiger charge is -2.20. The topological polar surface area (TPSA) is 79.0 Å². The van der Waals surface area contributed by atoms with Crippen molar-refractivity contribution in [1.29, 1.82) is 0 Å². The molecular weight excluding hydrogens is 364 g/mol. The summed E-state index contributed by atoms with van der Waals surface area (Å²) < 4.78 is 5.45. The van der Waals surface area contributed by atoms with E-state index < -0.39 is 0 Å². The van der Waals surface area contributed by atoms with Crippen LogP contribution in [0.4, 0.5) is 5.69 Å². The molecule has 6 nitrogen and oxygen atoms in total. The van der Waals surface area contributed by atoms with Crippen LogP contribution < -0.4 is 10.6 Å². The molecule has 150 valence electrons. The number of fused-ring (bicyclic) bond motifs is 1. The predicted octanol–water partition coefficient (Wildman–Crippen LogP) is 3.79. The standard InChI is InChI=1S/C23H26N4O2/c28-23(17-3-1-15(2-4-17)18-9-12-29-14-18)25-19-5-6-20-21(13-19)27-22(26-20)16-7-10-24-11-8-16/h1-6,13,16,18,24H,7-12,14H2,(H,25,28)(H,26,27). The van der Waals surface area contributed by atoms with Crippen molar-refractivity contribution in [3.8, 4) is 0 Å². The van der Waals surface area contributed by atoms with Crippen LogP contribution in [-0.2, 0) is 4.74 Å². The van der Waals surface area contributed by atoms with Gasteiger partial charge in [0.15, 0.2) is 0 Å². The lowest BCUT2D eigenvalue weighted by molar-refractivity contribution is 0.102. The van der Waals surface area contributed by atoms with E-state index in [1.54, 1.807) is 0 Å². The molecule has 3 heterocycles. The first-order valence-corrected chi connectivity index (χ1v) is 10.5. The summed E-state index contributed by atoms with van der Waals surface area (Å²) in [6, 6.07) is 13.7. The minimum absolute atomic E-state index is 0.100. The highest BCUT2D eigenvalue weighted by Gasteiger charge is 2.19. The van der Waals surface area contributed by atoms with Gasteiger partial charge in [0, 0.05) is 29.7 Å². The molecule has 0 saturated carbocycles. The van der Waals surface area contributed by atoms with E-state index in [9.17, 15) is 4.79 Å². The largest absolute Gasteiger partial charge is 0.381 e. The summed E-state index contributed by atoms with van der Waals surface area (Å²) in [4.78, 5) is 20.9. The molecule has 0 radical (unpaired) electrons. The zero-order valence-corrected chi connectivity index (χ0v) is 16.4. The second kappa shape index (κ2) is 7.97. The number of piperidine rings is 1. The summed E-state index contributed by atoms with van der Waals surface area (Å²) in [5.74, 6) is 1.88. The normalized spacial score (nSPS) is 20.2. The molecule has 0 aliphatic carbocycles. The maximum atomic E-state index is 12.7. The first-order valence-electron chi connectivity index (χ1n) is 10.5. The van der Waals surface area contributed by atoms with Crippen LogP contribution in [0.1, 0.15) is 52.8 Å². The van der Waals surface area contributed by atoms with E-state index in [0.717, 1.165) is 68.1 Å². The van der Waals surface area contributed by atoms with Crippen LogP contribution in [-0.4, -0.2) is 42.2 Å². The minimum Gasteiger partial charge on any atom is -0.381 e. The number of ether oxygens (including phenoxy) is 1. The highest BCUT2D eigenvalue weighted by molar-refractivity contribution is 6.05. The Morgan fingerprint density at radius 3 is 2.62 bits per heavy atom. The third-order valence-electron chi connectivity index (χ3n) is 6.06. The molecule has 1 aromatic heterocycles. The number of hydrogen-bond donors (Lipinski definition) is 3. The van der Waals surface area contributed by atoms with E-state index in [0.29, 0.717) is 17.4 Å². The Balaban J connectivity index is 1.29. The van der Waals surface area contributed by atoms with Crippen molar-refractivity contribution in [3.63, 3.8) is 0 Å². The quantitative estimate of drug-likeness (QED) is 0.633. The van der Waals surface area contributed by atoms with E-state index in [4.69, 9.17) is 9.72 Å². The van der Waals surface area contributed by atoms with Crippen molar-refractivity contribution in [3.05, 3.63) is 59.4 Å². The van der Waals surface area contributed by atoms with Gasteiger partial charge in [-0.2, -0.15) is 0 Å². The Kier molecular flexibility index (Phi) is 5.04. The molecule has 2 fully saturated rings. The second-order valence-electron chi connectivity index (χ2n) is 8.01. The molecule has 0 spiro atoms. The van der Waals surface area contributed by atoms with Crippen LogP contribution in [0.5, 0.6) is 0 Å². The molecule has 2 saturated heterocycles. The maximum Gasteiger partial charge on any atom is 0.255 e. The number of H-pyrrole nitrogens is 1. The number of aromatic amines is 1. The molecule has 5 rings (SSSR count). The fourth-order valence-electron chi connectivity index (χ4n) is 4.30. The van der Waals surface area contributed by atoms with E-state index >= 15 is 0 Å². The summed E-state index contributed by atoms with van der Waals surface area (Å²) in [5, 5.41) is 6.40. The Labute approximate surface area is 170 Å². The summed E-state index contributed by atoms with van der Waals surface area (Å²) in [6.07, 6.45) is 3.26. The Bertz CT molecular complexity index is 999. The van der Waals surface area contributed by atoms with E-state index in [1.165, 1.54) is 5.56 Å². The summed E-state index contributed by atoms with van der Waals surface area (Å²) in [6.45, 7) is 3.67. The summed E-state index contributed by atoms with van der Waals surface area (Å²) >= 11 is 0. The van der Waals surface area contributed by atoms with Gasteiger partial charge in [-0.05, 0) is 68.2 Å². The first kappa shape index (κ1) is 18.3. The Morgan fingerprint density at radius 2 is 1.86 bits per heavy atom. The third kappa shape index (κ3) is 3.91. The van der Waals surface area contributed by atoms with Gasteiger partial charge >= 0.3 is 0 Å². The van der Waals surface area contributed by atoms with Gasteiger partial charge in [-0.3, -0.25) is 4.79 Å². The van der Waals surface area contributed by atoms with Crippen molar-refractivity contribution in [2.45, 2.75) is 31.1 Å². The van der Waals surface area contributed by atoms with Gasteiger partial charge in [-0.15, -0.1) is 0 Å². The smallest absolute Gasteiger partial charge is 0.255 e. The van der Waals surface area contributed by atoms with Crippen molar-refractivity contribution < 1.29 is 9.53 Å². The fourth-order valence-corrected chi connectivity index (χ4v) is 4.30. The average Bonchev–Trinajstić information content (AvgIpc) is 3.44. The second-order valence-corrected chi connectivity index (χ2v) is 8.01. The molecule has 6 heteroatoms. The van der Waals surface area contributed by atoms with Crippen molar-refractivity contribution in [1.82, 2.24) is 15.3 Å². The lowest BCUT2D eigenvalue weighted by Crippen LogP contribution is -2.27. The number of carbonyl (C=O) groups excluding carboxylic acids is 1. The van der Waals surface area contributed by atoms with Gasteiger partial charge in [-0.25, -0.2) is 4.98 Å². The number of anilines is 1. The monoisotopic (exact) mass is 390 g/mol. The highest BCUT2D eigenvalue weighted by atomic mass is 16.5. The number of nitrogens with one attached hydrogen (secondary N) is 3. The Hall–Kier alpha value is -2.70. The number of hydrogen-bond acceptors (Lipinski definition) is 4. The average molecular weight is 390 g/mol. The highest BCUT2D eigenvalue weighted by Crippen LogP contribution is 2.27. The zero-order chi connectivity index (χ0) is 19.6. The molecule has 2 aromatic carbocycles. The van der Waals surface area contributed by atoms with Crippen LogP contribution >= 0.6 is 0 Å². The van der Waals surface area contributed by atoms with Gasteiger partial charge in [0.25, 0.3) is 5.91 Å². The number of carbonyl (C=O) groups is 1. The molecule has 1 amide bonds. The summed E-state index contributed by atoms with van der Waals surface area (Å²) in [5.41, 5.74) is 4.58. The number of rotatable bonds is 4. The lowest BCUT2D eigenvalue weighted by atomic mass is 9.97. The van der Waals surface area contributed by atoms with Gasteiger partial charge in [-0.1, -0.05) is 12.1 Å². The van der Waals surface area contributed by atoms with Gasteiger partial charge in [0.05, 0.1) is 17.6 Å². The van der Waals surface area contributed by atoms with Crippen LogP contribution in [0.3, 0.4) is 0 Å². The molecule has 2 aliphatic heterocycles. The molecule has 29 heavy (non-hydrogen) atoms. The number of amides is 1. The predicted molar refractivity (Wildman–Crippen MR) is 114 cm³/mol. The minimum atomic E-state index is -0.100. The van der Waals surface area contributed by atoms with Gasteiger partial charge in [0.2, 0.25) is 0 Å². The van der Waals surface area contributed by atoms with E-state index in [2.05, 4.69) is 15.6 Å². The van der Waals surface area contributed by atoms with Crippen molar-refractivity contribution >= 4 is 22.6 Å². The van der Waals surface area contributed by atoms with E-state index in [1.807, 2.05) is 42.5 Å². The molecule has 3 N–H and O–H groups in total. The third-order valence-corrected chi connectivity index (χ3v) is 6.06. The molecule has 0 bridgehead atoms. The van der Waals surface area contributed by atoms with Crippen LogP contribution in [0.2, 0.25) is 0 Å².